The van der Waals surface area contributed by atoms with Crippen LogP contribution in [0.1, 0.15) is 43.2 Å². The molecule has 0 unspecified atom stereocenters. The molecule has 1 aliphatic carbocycles. The maximum atomic E-state index is 11.8. The molecular formula is C13H19N3O3S. The highest BCUT2D eigenvalue weighted by molar-refractivity contribution is 7.15. The molecule has 20 heavy (non-hydrogen) atoms. The minimum absolute atomic E-state index is 0.414. The smallest absolute Gasteiger partial charge is 0.326 e. The zero-order chi connectivity index (χ0) is 14.5. The molecule has 3 N–H and O–H groups in total. The monoisotopic (exact) mass is 297 g/mol. The summed E-state index contributed by atoms with van der Waals surface area (Å²) in [6.07, 6.45) is 5.39. The summed E-state index contributed by atoms with van der Waals surface area (Å²) in [5, 5.41) is 14.6. The number of urea groups is 1. The van der Waals surface area contributed by atoms with Gasteiger partial charge in [-0.15, -0.1) is 11.3 Å². The summed E-state index contributed by atoms with van der Waals surface area (Å²) in [5.41, 5.74) is 1.07. The molecule has 1 aliphatic rings. The van der Waals surface area contributed by atoms with Gasteiger partial charge >= 0.3 is 12.0 Å². The Bertz CT molecular complexity index is 478. The van der Waals surface area contributed by atoms with Crippen LogP contribution < -0.4 is 10.6 Å². The van der Waals surface area contributed by atoms with Crippen molar-refractivity contribution in [3.63, 3.8) is 0 Å². The van der Waals surface area contributed by atoms with Crippen molar-refractivity contribution in [3.8, 4) is 0 Å². The number of nitrogens with zero attached hydrogens (tertiary/aromatic N) is 1. The molecule has 0 saturated heterocycles. The van der Waals surface area contributed by atoms with Crippen molar-refractivity contribution in [3.05, 3.63) is 10.6 Å². The highest BCUT2D eigenvalue weighted by atomic mass is 32.1. The topological polar surface area (TPSA) is 91.3 Å². The zero-order valence-corrected chi connectivity index (χ0v) is 12.3. The molecule has 110 valence electrons. The Kier molecular flexibility index (Phi) is 4.94. The molecule has 0 spiro atoms. The fraction of sp³-hybridized carbons (Fsp3) is 0.615. The fourth-order valence-electron chi connectivity index (χ4n) is 2.24. The number of aryl methyl sites for hydroxylation is 2. The molecular weight excluding hydrogens is 278 g/mol. The lowest BCUT2D eigenvalue weighted by molar-refractivity contribution is -0.139. The Morgan fingerprint density at radius 2 is 2.15 bits per heavy atom. The van der Waals surface area contributed by atoms with Gasteiger partial charge in [0.25, 0.3) is 0 Å². The number of hydrogen-bond donors (Lipinski definition) is 3. The second-order valence-electron chi connectivity index (χ2n) is 4.87. The number of aromatic nitrogens is 1. The van der Waals surface area contributed by atoms with Crippen LogP contribution in [0.2, 0.25) is 0 Å². The van der Waals surface area contributed by atoms with Crippen molar-refractivity contribution in [2.24, 2.45) is 0 Å². The first-order valence-electron chi connectivity index (χ1n) is 6.89. The Morgan fingerprint density at radius 3 is 2.80 bits per heavy atom. The lowest BCUT2D eigenvalue weighted by Gasteiger charge is -2.13. The van der Waals surface area contributed by atoms with Crippen molar-refractivity contribution >= 4 is 28.5 Å². The number of aliphatic carboxylic acids is 1. The molecule has 0 aromatic carbocycles. The number of carboxylic acids is 1. The van der Waals surface area contributed by atoms with E-state index in [0.717, 1.165) is 25.0 Å². The summed E-state index contributed by atoms with van der Waals surface area (Å²) < 4.78 is 0. The maximum absolute atomic E-state index is 11.8. The molecule has 0 aliphatic heterocycles. The number of thiazole rings is 1. The second kappa shape index (κ2) is 6.69. The molecule has 0 radical (unpaired) electrons. The van der Waals surface area contributed by atoms with E-state index in [1.54, 1.807) is 0 Å². The lowest BCUT2D eigenvalue weighted by Crippen LogP contribution is -2.42. The van der Waals surface area contributed by atoms with Gasteiger partial charge in [0.15, 0.2) is 5.13 Å². The average Bonchev–Trinajstić information content (AvgIpc) is 2.79. The predicted molar refractivity (Wildman–Crippen MR) is 77.2 cm³/mol. The van der Waals surface area contributed by atoms with E-state index in [1.807, 2.05) is 6.92 Å². The van der Waals surface area contributed by atoms with Gasteiger partial charge in [0.1, 0.15) is 6.04 Å². The third-order valence-corrected chi connectivity index (χ3v) is 4.32. The van der Waals surface area contributed by atoms with Gasteiger partial charge in [-0.05, 0) is 32.1 Å². The quantitative estimate of drug-likeness (QED) is 0.778. The standard InChI is InChI=1S/C13H19N3O3S/c1-2-5-9(11(17)18)14-12(19)16-13-15-8-6-3-4-7-10(8)20-13/h9H,2-7H2,1H3,(H,17,18)(H2,14,15,16,19)/t9-/m0/s1. The first-order chi connectivity index (χ1) is 9.60. The molecule has 2 amide bonds. The van der Waals surface area contributed by atoms with E-state index in [-0.39, 0.29) is 0 Å². The zero-order valence-electron chi connectivity index (χ0n) is 11.4. The Balaban J connectivity index is 1.93. The van der Waals surface area contributed by atoms with Gasteiger partial charge in [-0.2, -0.15) is 0 Å². The molecule has 1 aromatic heterocycles. The van der Waals surface area contributed by atoms with E-state index in [0.29, 0.717) is 18.0 Å². The van der Waals surface area contributed by atoms with Crippen molar-refractivity contribution in [2.45, 2.75) is 51.5 Å². The number of carbonyl (C=O) groups is 2. The molecule has 1 heterocycles. The number of amides is 2. The molecule has 2 rings (SSSR count). The van der Waals surface area contributed by atoms with Crippen LogP contribution in [0.4, 0.5) is 9.93 Å². The number of hydrogen-bond acceptors (Lipinski definition) is 4. The van der Waals surface area contributed by atoms with Gasteiger partial charge in [-0.25, -0.2) is 14.6 Å². The summed E-state index contributed by atoms with van der Waals surface area (Å²) in [4.78, 5) is 28.4. The molecule has 7 heteroatoms. The van der Waals surface area contributed by atoms with Gasteiger partial charge < -0.3 is 10.4 Å². The van der Waals surface area contributed by atoms with Crippen molar-refractivity contribution in [1.29, 1.82) is 0 Å². The Labute approximate surface area is 121 Å². The second-order valence-corrected chi connectivity index (χ2v) is 5.96. The van der Waals surface area contributed by atoms with Gasteiger partial charge in [-0.1, -0.05) is 13.3 Å². The van der Waals surface area contributed by atoms with Crippen molar-refractivity contribution < 1.29 is 14.7 Å². The van der Waals surface area contributed by atoms with Crippen LogP contribution in [0.25, 0.3) is 0 Å². The summed E-state index contributed by atoms with van der Waals surface area (Å²) in [6, 6.07) is -1.36. The van der Waals surface area contributed by atoms with E-state index >= 15 is 0 Å². The SMILES string of the molecule is CCC[C@H](NC(=O)Nc1nc2c(s1)CCCC2)C(=O)O. The highest BCUT2D eigenvalue weighted by Gasteiger charge is 2.20. The maximum Gasteiger partial charge on any atom is 0.326 e. The fourth-order valence-corrected chi connectivity index (χ4v) is 3.29. The normalized spacial score (nSPS) is 15.2. The molecule has 1 aromatic rings. The van der Waals surface area contributed by atoms with E-state index in [9.17, 15) is 9.59 Å². The Hall–Kier alpha value is -1.63. The Morgan fingerprint density at radius 1 is 1.40 bits per heavy atom. The molecule has 0 bridgehead atoms. The summed E-state index contributed by atoms with van der Waals surface area (Å²) in [5.74, 6) is -1.01. The number of rotatable bonds is 5. The van der Waals surface area contributed by atoms with Gasteiger partial charge in [-0.3, -0.25) is 5.32 Å². The summed E-state index contributed by atoms with van der Waals surface area (Å²) in [7, 11) is 0. The minimum atomic E-state index is -1.01. The van der Waals surface area contributed by atoms with E-state index in [4.69, 9.17) is 5.11 Å². The van der Waals surface area contributed by atoms with Crippen LogP contribution in [-0.4, -0.2) is 28.1 Å². The van der Waals surface area contributed by atoms with Crippen molar-refractivity contribution in [1.82, 2.24) is 10.3 Å². The van der Waals surface area contributed by atoms with E-state index in [1.165, 1.54) is 22.6 Å². The largest absolute Gasteiger partial charge is 0.480 e. The number of fused-ring (bicyclic) bond motifs is 1. The third kappa shape index (κ3) is 3.69. The molecule has 6 nitrogen and oxygen atoms in total. The van der Waals surface area contributed by atoms with E-state index < -0.39 is 18.0 Å². The number of nitrogens with one attached hydrogen (secondary N) is 2. The van der Waals surface area contributed by atoms with Crippen LogP contribution in [0.3, 0.4) is 0 Å². The minimum Gasteiger partial charge on any atom is -0.480 e. The lowest BCUT2D eigenvalue weighted by atomic mass is 10.0. The number of anilines is 1. The molecule has 0 fully saturated rings. The first kappa shape index (κ1) is 14.8. The van der Waals surface area contributed by atoms with Crippen molar-refractivity contribution in [2.75, 3.05) is 5.32 Å². The molecule has 1 atom stereocenters. The summed E-state index contributed by atoms with van der Waals surface area (Å²) >= 11 is 1.48. The number of carboxylic acid groups (broad SMARTS) is 1. The van der Waals surface area contributed by atoms with Gasteiger partial charge in [0, 0.05) is 4.88 Å². The van der Waals surface area contributed by atoms with Gasteiger partial charge in [0.2, 0.25) is 0 Å². The van der Waals surface area contributed by atoms with Crippen LogP contribution >= 0.6 is 11.3 Å². The first-order valence-corrected chi connectivity index (χ1v) is 7.70. The van der Waals surface area contributed by atoms with Crippen LogP contribution in [-0.2, 0) is 17.6 Å². The van der Waals surface area contributed by atoms with Crippen LogP contribution in [0.5, 0.6) is 0 Å². The number of carbonyl (C=O) groups excluding carboxylic acids is 1. The average molecular weight is 297 g/mol. The predicted octanol–water partition coefficient (Wildman–Crippen LogP) is 2.40. The molecule has 0 saturated carbocycles. The summed E-state index contributed by atoms with van der Waals surface area (Å²) in [6.45, 7) is 1.88. The van der Waals surface area contributed by atoms with E-state index in [2.05, 4.69) is 15.6 Å². The van der Waals surface area contributed by atoms with Crippen LogP contribution in [0, 0.1) is 0 Å². The van der Waals surface area contributed by atoms with Gasteiger partial charge in [0.05, 0.1) is 5.69 Å². The highest BCUT2D eigenvalue weighted by Crippen LogP contribution is 2.29. The third-order valence-electron chi connectivity index (χ3n) is 3.25. The van der Waals surface area contributed by atoms with Crippen LogP contribution in [0.15, 0.2) is 0 Å².